The van der Waals surface area contributed by atoms with Crippen molar-refractivity contribution in [3.05, 3.63) is 28.8 Å². The molecule has 0 aliphatic carbocycles. The zero-order chi connectivity index (χ0) is 16.4. The Kier molecular flexibility index (Phi) is 4.72. The molecular formula is C13H13F3N2O3. The van der Waals surface area contributed by atoms with Crippen molar-refractivity contribution in [2.75, 3.05) is 12.4 Å². The number of hydrogen-bond acceptors (Lipinski definition) is 4. The summed E-state index contributed by atoms with van der Waals surface area (Å²) in [6.45, 7) is 2.27. The van der Waals surface area contributed by atoms with Gasteiger partial charge in [-0.15, -0.1) is 0 Å². The smallest absolute Gasteiger partial charge is 0.417 e. The molecule has 21 heavy (non-hydrogen) atoms. The fourth-order valence-electron chi connectivity index (χ4n) is 1.72. The highest BCUT2D eigenvalue weighted by molar-refractivity contribution is 6.05. The van der Waals surface area contributed by atoms with E-state index in [-0.39, 0.29) is 17.0 Å². The lowest BCUT2D eigenvalue weighted by Crippen LogP contribution is -2.18. The van der Waals surface area contributed by atoms with Crippen molar-refractivity contribution >= 4 is 23.3 Å². The van der Waals surface area contributed by atoms with Crippen molar-refractivity contribution in [2.45, 2.75) is 20.0 Å². The summed E-state index contributed by atoms with van der Waals surface area (Å²) in [7, 11) is 1.06. The molecule has 0 saturated carbocycles. The molecule has 0 saturated heterocycles. The molecule has 5 nitrogen and oxygen atoms in total. The van der Waals surface area contributed by atoms with E-state index in [0.717, 1.165) is 20.1 Å². The molecule has 0 heterocycles. The molecule has 1 amide bonds. The van der Waals surface area contributed by atoms with Gasteiger partial charge in [0.15, 0.2) is 0 Å². The molecule has 2 N–H and O–H groups in total. The van der Waals surface area contributed by atoms with Crippen LogP contribution in [0.25, 0.3) is 0 Å². The van der Waals surface area contributed by atoms with E-state index in [9.17, 15) is 22.8 Å². The van der Waals surface area contributed by atoms with E-state index >= 15 is 0 Å². The molecular weight excluding hydrogens is 289 g/mol. The van der Waals surface area contributed by atoms with Gasteiger partial charge in [-0.25, -0.2) is 4.79 Å². The minimum absolute atomic E-state index is 0.248. The molecule has 0 aliphatic rings. The molecule has 114 valence electrons. The maximum atomic E-state index is 13.0. The second kappa shape index (κ2) is 5.94. The number of hydrogen-bond donors (Lipinski definition) is 2. The predicted octanol–water partition coefficient (Wildman–Crippen LogP) is 2.84. The number of esters is 1. The molecule has 0 spiro atoms. The lowest BCUT2D eigenvalue weighted by atomic mass is 9.98. The predicted molar refractivity (Wildman–Crippen MR) is 69.6 cm³/mol. The Balaban J connectivity index is 3.65. The summed E-state index contributed by atoms with van der Waals surface area (Å²) in [5.74, 6) is -1.54. The Bertz CT molecular complexity index is 609. The Morgan fingerprint density at radius 3 is 2.14 bits per heavy atom. The van der Waals surface area contributed by atoms with Crippen molar-refractivity contribution in [3.63, 3.8) is 0 Å². The van der Waals surface area contributed by atoms with Crippen LogP contribution in [0, 0.1) is 5.41 Å². The summed E-state index contributed by atoms with van der Waals surface area (Å²) in [4.78, 5) is 22.7. The number of alkyl halides is 3. The Morgan fingerprint density at radius 2 is 1.76 bits per heavy atom. The Morgan fingerprint density at radius 1 is 1.19 bits per heavy atom. The minimum atomic E-state index is -4.72. The number of amides is 1. The minimum Gasteiger partial charge on any atom is -0.465 e. The lowest BCUT2D eigenvalue weighted by Gasteiger charge is -2.17. The third kappa shape index (κ3) is 3.80. The molecule has 1 rings (SSSR count). The first kappa shape index (κ1) is 16.7. The summed E-state index contributed by atoms with van der Waals surface area (Å²) in [6, 6.07) is 1.52. The van der Waals surface area contributed by atoms with E-state index in [4.69, 9.17) is 5.41 Å². The average Bonchev–Trinajstić information content (AvgIpc) is 2.35. The van der Waals surface area contributed by atoms with Crippen LogP contribution >= 0.6 is 0 Å². The van der Waals surface area contributed by atoms with Gasteiger partial charge in [-0.2, -0.15) is 13.2 Å². The van der Waals surface area contributed by atoms with E-state index in [1.165, 1.54) is 6.92 Å². The van der Waals surface area contributed by atoms with E-state index in [1.807, 2.05) is 0 Å². The van der Waals surface area contributed by atoms with Crippen LogP contribution in [-0.2, 0) is 15.7 Å². The second-order valence-corrected chi connectivity index (χ2v) is 4.24. The van der Waals surface area contributed by atoms with Crippen molar-refractivity contribution < 1.29 is 27.5 Å². The monoisotopic (exact) mass is 302 g/mol. The number of anilines is 1. The van der Waals surface area contributed by atoms with Gasteiger partial charge in [0.1, 0.15) is 0 Å². The standard InChI is InChI=1S/C13H13F3N2O3/c1-6(17)8-4-9(12(20)21-3)11(18-7(2)19)5-10(8)13(14,15)16/h4-5,17H,1-3H3,(H,18,19). The van der Waals surface area contributed by atoms with Gasteiger partial charge < -0.3 is 15.5 Å². The van der Waals surface area contributed by atoms with Gasteiger partial charge in [0.2, 0.25) is 5.91 Å². The topological polar surface area (TPSA) is 79.2 Å². The first-order chi connectivity index (χ1) is 9.57. The molecule has 8 heteroatoms. The number of carbonyl (C=O) groups excluding carboxylic acids is 2. The zero-order valence-electron chi connectivity index (χ0n) is 11.5. The first-order valence-electron chi connectivity index (χ1n) is 5.74. The summed E-state index contributed by atoms with van der Waals surface area (Å²) in [5.41, 5.74) is -2.47. The number of ether oxygens (including phenoxy) is 1. The van der Waals surface area contributed by atoms with Gasteiger partial charge in [0.05, 0.1) is 23.9 Å². The fraction of sp³-hybridized carbons (Fsp3) is 0.308. The van der Waals surface area contributed by atoms with E-state index < -0.39 is 29.2 Å². The van der Waals surface area contributed by atoms with Gasteiger partial charge >= 0.3 is 12.1 Å². The zero-order valence-corrected chi connectivity index (χ0v) is 11.5. The van der Waals surface area contributed by atoms with Crippen molar-refractivity contribution in [1.82, 2.24) is 0 Å². The molecule has 1 aromatic rings. The van der Waals surface area contributed by atoms with Gasteiger partial charge in [-0.3, -0.25) is 4.79 Å². The van der Waals surface area contributed by atoms with Crippen LogP contribution in [0.2, 0.25) is 0 Å². The first-order valence-corrected chi connectivity index (χ1v) is 5.74. The molecule has 0 fully saturated rings. The SMILES string of the molecule is COC(=O)c1cc(C(C)=N)c(C(F)(F)F)cc1NC(C)=O. The van der Waals surface area contributed by atoms with Gasteiger partial charge in [0, 0.05) is 18.2 Å². The third-order valence-electron chi connectivity index (χ3n) is 2.58. The Hall–Kier alpha value is -2.38. The average molecular weight is 302 g/mol. The highest BCUT2D eigenvalue weighted by atomic mass is 19.4. The van der Waals surface area contributed by atoms with Crippen LogP contribution in [0.15, 0.2) is 12.1 Å². The highest BCUT2D eigenvalue weighted by Gasteiger charge is 2.35. The number of benzene rings is 1. The maximum absolute atomic E-state index is 13.0. The quantitative estimate of drug-likeness (QED) is 0.665. The molecule has 0 aliphatic heterocycles. The second-order valence-electron chi connectivity index (χ2n) is 4.24. The normalized spacial score (nSPS) is 11.0. The number of carbonyl (C=O) groups is 2. The molecule has 0 atom stereocenters. The van der Waals surface area contributed by atoms with Crippen molar-refractivity contribution in [3.8, 4) is 0 Å². The van der Waals surface area contributed by atoms with E-state index in [0.29, 0.717) is 6.07 Å². The van der Waals surface area contributed by atoms with Crippen molar-refractivity contribution in [2.24, 2.45) is 0 Å². The van der Waals surface area contributed by atoms with Crippen LogP contribution in [0.4, 0.5) is 18.9 Å². The summed E-state index contributed by atoms with van der Waals surface area (Å²) < 4.78 is 43.5. The van der Waals surface area contributed by atoms with Gasteiger partial charge in [0.25, 0.3) is 0 Å². The summed E-state index contributed by atoms with van der Waals surface area (Å²) >= 11 is 0. The van der Waals surface area contributed by atoms with E-state index in [2.05, 4.69) is 10.1 Å². The number of nitrogens with one attached hydrogen (secondary N) is 2. The number of methoxy groups -OCH3 is 1. The largest absolute Gasteiger partial charge is 0.465 e. The third-order valence-corrected chi connectivity index (χ3v) is 2.58. The molecule has 0 aromatic heterocycles. The van der Waals surface area contributed by atoms with E-state index in [1.54, 1.807) is 0 Å². The van der Waals surface area contributed by atoms with Crippen LogP contribution in [0.5, 0.6) is 0 Å². The summed E-state index contributed by atoms with van der Waals surface area (Å²) in [5, 5.41) is 9.58. The number of halogens is 3. The molecule has 1 aromatic carbocycles. The molecule has 0 bridgehead atoms. The summed E-state index contributed by atoms with van der Waals surface area (Å²) in [6.07, 6.45) is -4.72. The van der Waals surface area contributed by atoms with Crippen LogP contribution in [-0.4, -0.2) is 24.7 Å². The molecule has 0 unspecified atom stereocenters. The lowest BCUT2D eigenvalue weighted by molar-refractivity contribution is -0.137. The fourth-order valence-corrected chi connectivity index (χ4v) is 1.72. The van der Waals surface area contributed by atoms with Crippen LogP contribution < -0.4 is 5.32 Å². The Labute approximate surface area is 118 Å². The van der Waals surface area contributed by atoms with Gasteiger partial charge in [-0.1, -0.05) is 0 Å². The van der Waals surface area contributed by atoms with Crippen LogP contribution in [0.3, 0.4) is 0 Å². The maximum Gasteiger partial charge on any atom is 0.417 e. The van der Waals surface area contributed by atoms with Gasteiger partial charge in [-0.05, 0) is 19.1 Å². The number of rotatable bonds is 3. The molecule has 0 radical (unpaired) electrons. The van der Waals surface area contributed by atoms with Crippen LogP contribution in [0.1, 0.15) is 35.3 Å². The highest BCUT2D eigenvalue weighted by Crippen LogP contribution is 2.36. The van der Waals surface area contributed by atoms with Crippen molar-refractivity contribution in [1.29, 1.82) is 5.41 Å².